The van der Waals surface area contributed by atoms with Gasteiger partial charge in [-0.05, 0) is 17.7 Å². The average molecular weight is 301 g/mol. The lowest BCUT2D eigenvalue weighted by Crippen LogP contribution is -2.49. The molecule has 3 amide bonds. The van der Waals surface area contributed by atoms with Gasteiger partial charge in [0.2, 0.25) is 5.91 Å². The Balaban J connectivity index is 2.28. The molecule has 90 valence electrons. The van der Waals surface area contributed by atoms with Crippen LogP contribution in [0.5, 0.6) is 0 Å². The zero-order valence-corrected chi connectivity index (χ0v) is 10.5. The van der Waals surface area contributed by atoms with E-state index in [-0.39, 0.29) is 24.6 Å². The van der Waals surface area contributed by atoms with Crippen LogP contribution in [0.2, 0.25) is 0 Å². The van der Waals surface area contributed by atoms with Gasteiger partial charge in [-0.15, -0.1) is 0 Å². The van der Waals surface area contributed by atoms with Crippen molar-refractivity contribution >= 4 is 33.6 Å². The van der Waals surface area contributed by atoms with E-state index in [1.54, 1.807) is 12.1 Å². The number of alkyl halides is 1. The van der Waals surface area contributed by atoms with Crippen molar-refractivity contribution in [1.29, 1.82) is 0 Å². The monoisotopic (exact) mass is 300 g/mol. The molecule has 0 aromatic heterocycles. The van der Waals surface area contributed by atoms with Crippen LogP contribution in [0.1, 0.15) is 12.0 Å². The van der Waals surface area contributed by atoms with Gasteiger partial charge in [0.1, 0.15) is 5.82 Å². The van der Waals surface area contributed by atoms with Crippen molar-refractivity contribution in [2.75, 3.05) is 11.4 Å². The van der Waals surface area contributed by atoms with Gasteiger partial charge >= 0.3 is 6.03 Å². The highest BCUT2D eigenvalue weighted by molar-refractivity contribution is 9.08. The van der Waals surface area contributed by atoms with E-state index in [1.165, 1.54) is 11.0 Å². The number of amides is 3. The van der Waals surface area contributed by atoms with Crippen molar-refractivity contribution in [3.63, 3.8) is 0 Å². The Bertz CT molecular complexity index is 479. The minimum atomic E-state index is -0.577. The molecule has 0 unspecified atom stereocenters. The molecule has 1 fully saturated rings. The van der Waals surface area contributed by atoms with Crippen molar-refractivity contribution in [3.05, 3.63) is 29.6 Å². The fourth-order valence-electron chi connectivity index (χ4n) is 1.65. The quantitative estimate of drug-likeness (QED) is 0.851. The molecule has 0 bridgehead atoms. The molecule has 0 aliphatic carbocycles. The van der Waals surface area contributed by atoms with E-state index in [4.69, 9.17) is 0 Å². The largest absolute Gasteiger partial charge is 0.328 e. The molecular weight excluding hydrogens is 291 g/mol. The Morgan fingerprint density at radius 1 is 1.41 bits per heavy atom. The highest BCUT2D eigenvalue weighted by Gasteiger charge is 2.26. The maximum absolute atomic E-state index is 13.8. The van der Waals surface area contributed by atoms with E-state index >= 15 is 0 Å². The number of carbonyl (C=O) groups is 2. The fraction of sp³-hybridized carbons (Fsp3) is 0.273. The van der Waals surface area contributed by atoms with Crippen molar-refractivity contribution in [1.82, 2.24) is 5.32 Å². The number of hydrogen-bond donors (Lipinski definition) is 1. The zero-order valence-electron chi connectivity index (χ0n) is 8.87. The summed E-state index contributed by atoms with van der Waals surface area (Å²) in [6.07, 6.45) is 0.186. The summed E-state index contributed by atoms with van der Waals surface area (Å²) in [4.78, 5) is 23.7. The van der Waals surface area contributed by atoms with Crippen molar-refractivity contribution in [3.8, 4) is 0 Å². The van der Waals surface area contributed by atoms with E-state index < -0.39 is 11.8 Å². The third-order valence-electron chi connectivity index (χ3n) is 2.51. The summed E-state index contributed by atoms with van der Waals surface area (Å²) in [5.41, 5.74) is 0.986. The maximum Gasteiger partial charge on any atom is 0.328 e. The first-order valence-corrected chi connectivity index (χ1v) is 6.19. The van der Waals surface area contributed by atoms with Crippen molar-refractivity contribution in [2.24, 2.45) is 0 Å². The maximum atomic E-state index is 13.8. The van der Waals surface area contributed by atoms with Crippen LogP contribution in [0.4, 0.5) is 14.9 Å². The number of anilines is 1. The SMILES string of the molecule is O=C1CCN(c2ccc(CBr)cc2F)C(=O)N1. The van der Waals surface area contributed by atoms with Crippen LogP contribution in [-0.2, 0) is 10.1 Å². The van der Waals surface area contributed by atoms with Crippen molar-refractivity contribution in [2.45, 2.75) is 11.8 Å². The Hall–Kier alpha value is -1.43. The zero-order chi connectivity index (χ0) is 12.4. The van der Waals surface area contributed by atoms with Crippen LogP contribution in [0, 0.1) is 5.82 Å². The lowest BCUT2D eigenvalue weighted by Gasteiger charge is -2.26. The predicted molar refractivity (Wildman–Crippen MR) is 64.5 cm³/mol. The Labute approximate surface area is 106 Å². The van der Waals surface area contributed by atoms with E-state index in [0.717, 1.165) is 5.56 Å². The molecule has 17 heavy (non-hydrogen) atoms. The summed E-state index contributed by atoms with van der Waals surface area (Å²) in [5.74, 6) is -0.796. The van der Waals surface area contributed by atoms with Crippen molar-refractivity contribution < 1.29 is 14.0 Å². The van der Waals surface area contributed by atoms with Crippen LogP contribution in [0.15, 0.2) is 18.2 Å². The molecule has 2 rings (SSSR count). The average Bonchev–Trinajstić information content (AvgIpc) is 2.30. The smallest absolute Gasteiger partial charge is 0.291 e. The Morgan fingerprint density at radius 2 is 2.18 bits per heavy atom. The number of imide groups is 1. The topological polar surface area (TPSA) is 49.4 Å². The second kappa shape index (κ2) is 4.83. The lowest BCUT2D eigenvalue weighted by molar-refractivity contribution is -0.120. The Morgan fingerprint density at radius 3 is 2.76 bits per heavy atom. The van der Waals surface area contributed by atoms with Crippen LogP contribution in [-0.4, -0.2) is 18.5 Å². The summed E-state index contributed by atoms with van der Waals surface area (Å²) in [6.45, 7) is 0.204. The lowest BCUT2D eigenvalue weighted by atomic mass is 10.2. The second-order valence-corrected chi connectivity index (χ2v) is 4.24. The minimum Gasteiger partial charge on any atom is -0.291 e. The molecule has 0 atom stereocenters. The summed E-state index contributed by atoms with van der Waals surface area (Å²) >= 11 is 3.23. The van der Waals surface area contributed by atoms with Gasteiger partial charge in [-0.25, -0.2) is 9.18 Å². The predicted octanol–water partition coefficient (Wildman–Crippen LogP) is 2.17. The van der Waals surface area contributed by atoms with Gasteiger partial charge in [0.15, 0.2) is 0 Å². The van der Waals surface area contributed by atoms with Gasteiger partial charge in [0.05, 0.1) is 5.69 Å². The molecule has 6 heteroatoms. The van der Waals surface area contributed by atoms with Gasteiger partial charge in [-0.3, -0.25) is 15.0 Å². The van der Waals surface area contributed by atoms with Gasteiger partial charge < -0.3 is 0 Å². The molecule has 1 aliphatic heterocycles. The van der Waals surface area contributed by atoms with E-state index in [9.17, 15) is 14.0 Å². The highest BCUT2D eigenvalue weighted by Crippen LogP contribution is 2.23. The fourth-order valence-corrected chi connectivity index (χ4v) is 2.00. The number of rotatable bonds is 2. The summed E-state index contributed by atoms with van der Waals surface area (Å²) in [5, 5.41) is 2.71. The van der Waals surface area contributed by atoms with Gasteiger partial charge in [0.25, 0.3) is 0 Å². The van der Waals surface area contributed by atoms with Gasteiger partial charge in [-0.1, -0.05) is 22.0 Å². The second-order valence-electron chi connectivity index (χ2n) is 3.67. The molecule has 4 nitrogen and oxygen atoms in total. The molecule has 0 radical (unpaired) electrons. The number of halogens is 2. The molecule has 1 aromatic rings. The first-order valence-electron chi connectivity index (χ1n) is 5.07. The normalized spacial score (nSPS) is 16.0. The summed E-state index contributed by atoms with van der Waals surface area (Å²) in [7, 11) is 0. The molecule has 1 aliphatic rings. The molecule has 1 heterocycles. The highest BCUT2D eigenvalue weighted by atomic mass is 79.9. The van der Waals surface area contributed by atoms with Crippen LogP contribution >= 0.6 is 15.9 Å². The van der Waals surface area contributed by atoms with E-state index in [0.29, 0.717) is 5.33 Å². The molecule has 0 spiro atoms. The van der Waals surface area contributed by atoms with Gasteiger partial charge in [0, 0.05) is 18.3 Å². The van der Waals surface area contributed by atoms with Gasteiger partial charge in [-0.2, -0.15) is 0 Å². The Kier molecular flexibility index (Phi) is 3.42. The minimum absolute atomic E-state index is 0.186. The number of carbonyl (C=O) groups excluding carboxylic acids is 2. The number of nitrogens with zero attached hydrogens (tertiary/aromatic N) is 1. The summed E-state index contributed by atoms with van der Waals surface area (Å²) < 4.78 is 13.8. The molecule has 1 saturated heterocycles. The first kappa shape index (κ1) is 12.0. The van der Waals surface area contributed by atoms with E-state index in [1.807, 2.05) is 0 Å². The third-order valence-corrected chi connectivity index (χ3v) is 3.16. The molecule has 0 saturated carbocycles. The molecule has 1 N–H and O–H groups in total. The number of benzene rings is 1. The number of urea groups is 1. The third kappa shape index (κ3) is 2.46. The van der Waals surface area contributed by atoms with E-state index in [2.05, 4.69) is 21.2 Å². The molecule has 1 aromatic carbocycles. The first-order chi connectivity index (χ1) is 8.11. The standard InChI is InChI=1S/C11H10BrFN2O2/c12-6-7-1-2-9(8(13)5-7)15-4-3-10(16)14-11(15)17/h1-2,5H,3-4,6H2,(H,14,16,17). The number of nitrogens with one attached hydrogen (secondary N) is 1. The van der Waals surface area contributed by atoms with Crippen LogP contribution in [0.3, 0.4) is 0 Å². The van der Waals surface area contributed by atoms with Crippen LogP contribution in [0.25, 0.3) is 0 Å². The summed E-state index contributed by atoms with van der Waals surface area (Å²) in [6, 6.07) is 4.07. The van der Waals surface area contributed by atoms with Crippen LogP contribution < -0.4 is 10.2 Å². The molecular formula is C11H10BrFN2O2. The number of hydrogen-bond acceptors (Lipinski definition) is 2.